The van der Waals surface area contributed by atoms with E-state index in [2.05, 4.69) is 20.5 Å². The van der Waals surface area contributed by atoms with E-state index in [1.54, 1.807) is 19.2 Å². The van der Waals surface area contributed by atoms with E-state index in [1.165, 1.54) is 13.2 Å². The van der Waals surface area contributed by atoms with Crippen LogP contribution in [0.3, 0.4) is 0 Å². The van der Waals surface area contributed by atoms with E-state index in [1.807, 2.05) is 17.0 Å². The monoisotopic (exact) mass is 614 g/mol. The van der Waals surface area contributed by atoms with Crippen LogP contribution in [0.25, 0.3) is 0 Å². The highest BCUT2D eigenvalue weighted by Crippen LogP contribution is 2.30. The molecule has 4 fully saturated rings. The van der Waals surface area contributed by atoms with Gasteiger partial charge in [-0.25, -0.2) is 0 Å². The number of nitrogens with one attached hydrogen (secondary N) is 2. The third-order valence-corrected chi connectivity index (χ3v) is 8.80. The predicted molar refractivity (Wildman–Crippen MR) is 161 cm³/mol. The van der Waals surface area contributed by atoms with E-state index in [0.29, 0.717) is 31.1 Å². The molecule has 4 saturated heterocycles. The van der Waals surface area contributed by atoms with Gasteiger partial charge in [-0.15, -0.1) is 0 Å². The Hall–Kier alpha value is -3.45. The molecule has 4 aliphatic heterocycles. The van der Waals surface area contributed by atoms with Crippen molar-refractivity contribution in [3.8, 4) is 5.88 Å². The quantitative estimate of drug-likeness (QED) is 0.339. The molecular weight excluding hydrogens is 576 g/mol. The smallest absolute Gasteiger partial charge is 0.310 e. The first kappa shape index (κ1) is 31.0. The van der Waals surface area contributed by atoms with Crippen LogP contribution in [0.2, 0.25) is 5.02 Å². The first-order chi connectivity index (χ1) is 20.7. The molecule has 2 aromatic rings. The molecule has 1 aromatic heterocycles. The number of esters is 1. The molecule has 3 atom stereocenters. The van der Waals surface area contributed by atoms with Gasteiger partial charge in [-0.3, -0.25) is 24.2 Å². The van der Waals surface area contributed by atoms with Crippen LogP contribution in [0, 0.1) is 5.92 Å². The summed E-state index contributed by atoms with van der Waals surface area (Å²) in [5, 5.41) is 6.05. The van der Waals surface area contributed by atoms with Crippen LogP contribution in [0.4, 0.5) is 11.5 Å². The Labute approximate surface area is 256 Å². The van der Waals surface area contributed by atoms with Crippen molar-refractivity contribution in [2.24, 2.45) is 5.92 Å². The van der Waals surface area contributed by atoms with Crippen LogP contribution in [0.5, 0.6) is 5.88 Å². The van der Waals surface area contributed by atoms with Gasteiger partial charge < -0.3 is 30.6 Å². The lowest BCUT2D eigenvalue weighted by atomic mass is 9.86. The molecule has 43 heavy (non-hydrogen) atoms. The largest absolute Gasteiger partial charge is 0.480 e. The van der Waals surface area contributed by atoms with Crippen molar-refractivity contribution >= 4 is 40.9 Å². The average molecular weight is 615 g/mol. The van der Waals surface area contributed by atoms with Crippen LogP contribution in [-0.4, -0.2) is 104 Å². The number of ether oxygens (including phenoxy) is 3. The van der Waals surface area contributed by atoms with Gasteiger partial charge in [0.25, 0.3) is 5.91 Å². The van der Waals surface area contributed by atoms with Gasteiger partial charge in [0, 0.05) is 32.4 Å². The molecule has 0 spiro atoms. The van der Waals surface area contributed by atoms with Gasteiger partial charge in [-0.1, -0.05) is 23.7 Å². The lowest BCUT2D eigenvalue weighted by Gasteiger charge is -2.43. The summed E-state index contributed by atoms with van der Waals surface area (Å²) < 4.78 is 16.6. The Balaban J connectivity index is 1.07. The number of anilines is 2. The number of halogens is 1. The fourth-order valence-corrected chi connectivity index (χ4v) is 6.26. The standard InChI is InChI=1S/C30H39ClN6O6/c1-41-25-16-37(12-9-23(25)34-29(40)21-14-22(31)28(32)35-30(21)42-2)17-26(38)33-20-5-3-18(4-6-20)13-27(39)43-24-15-36-10-7-19(24)8-11-36/h3-6,14,19,23-25H,7-13,15-17H2,1-2H3,(H2,32,35)(H,33,38)(H,34,40)/t23-,24?,25+/m1/s1. The normalized spacial score (nSPS) is 25.1. The van der Waals surface area contributed by atoms with Crippen LogP contribution in [-0.2, 0) is 25.5 Å². The van der Waals surface area contributed by atoms with E-state index in [4.69, 9.17) is 31.5 Å². The van der Waals surface area contributed by atoms with Crippen molar-refractivity contribution in [2.75, 3.05) is 64.5 Å². The highest BCUT2D eigenvalue weighted by atomic mass is 35.5. The Morgan fingerprint density at radius 2 is 1.79 bits per heavy atom. The summed E-state index contributed by atoms with van der Waals surface area (Å²) >= 11 is 6.07. The maximum absolute atomic E-state index is 13.0. The second kappa shape index (κ2) is 13.9. The molecule has 4 N–H and O–H groups in total. The number of piperidine rings is 4. The summed E-state index contributed by atoms with van der Waals surface area (Å²) in [6.45, 7) is 4.24. The third-order valence-electron chi connectivity index (χ3n) is 8.50. The minimum absolute atomic E-state index is 0.00348. The zero-order valence-electron chi connectivity index (χ0n) is 24.5. The molecule has 1 unspecified atom stereocenters. The van der Waals surface area contributed by atoms with Crippen molar-refractivity contribution in [1.82, 2.24) is 20.1 Å². The highest BCUT2D eigenvalue weighted by Gasteiger charge is 2.36. The Bertz CT molecular complexity index is 1320. The molecule has 0 radical (unpaired) electrons. The number of hydrogen-bond acceptors (Lipinski definition) is 10. The number of nitrogens with zero attached hydrogens (tertiary/aromatic N) is 3. The van der Waals surface area contributed by atoms with E-state index >= 15 is 0 Å². The number of benzene rings is 1. The molecule has 4 aliphatic rings. The molecule has 12 nitrogen and oxygen atoms in total. The zero-order chi connectivity index (χ0) is 30.5. The zero-order valence-corrected chi connectivity index (χ0v) is 25.3. The molecule has 232 valence electrons. The van der Waals surface area contributed by atoms with E-state index in [0.717, 1.165) is 38.0 Å². The van der Waals surface area contributed by atoms with Crippen LogP contribution < -0.4 is 21.1 Å². The van der Waals surface area contributed by atoms with Crippen LogP contribution >= 0.6 is 11.6 Å². The number of methoxy groups -OCH3 is 2. The molecule has 5 heterocycles. The molecular formula is C30H39ClN6O6. The fourth-order valence-electron chi connectivity index (χ4n) is 6.11. The second-order valence-electron chi connectivity index (χ2n) is 11.4. The number of hydrogen-bond donors (Lipinski definition) is 3. The van der Waals surface area contributed by atoms with Crippen molar-refractivity contribution in [3.05, 3.63) is 46.5 Å². The van der Waals surface area contributed by atoms with Crippen molar-refractivity contribution < 1.29 is 28.6 Å². The number of rotatable bonds is 10. The summed E-state index contributed by atoms with van der Waals surface area (Å²) in [6.07, 6.45) is 2.63. The number of carbonyl (C=O) groups is 3. The van der Waals surface area contributed by atoms with Gasteiger partial charge in [0.2, 0.25) is 11.8 Å². The van der Waals surface area contributed by atoms with Crippen molar-refractivity contribution in [1.29, 1.82) is 0 Å². The highest BCUT2D eigenvalue weighted by molar-refractivity contribution is 6.33. The number of pyridine rings is 1. The summed E-state index contributed by atoms with van der Waals surface area (Å²) in [6, 6.07) is 8.39. The molecule has 0 saturated carbocycles. The summed E-state index contributed by atoms with van der Waals surface area (Å²) in [7, 11) is 2.97. The van der Waals surface area contributed by atoms with Gasteiger partial charge in [-0.05, 0) is 62.0 Å². The van der Waals surface area contributed by atoms with E-state index < -0.39 is 5.91 Å². The van der Waals surface area contributed by atoms with Gasteiger partial charge in [0.05, 0.1) is 37.2 Å². The van der Waals surface area contributed by atoms with E-state index in [9.17, 15) is 14.4 Å². The number of amides is 2. The molecule has 1 aromatic carbocycles. The summed E-state index contributed by atoms with van der Waals surface area (Å²) in [5.41, 5.74) is 7.39. The number of nitrogen functional groups attached to an aromatic ring is 1. The minimum Gasteiger partial charge on any atom is -0.480 e. The topological polar surface area (TPSA) is 148 Å². The van der Waals surface area contributed by atoms with Crippen molar-refractivity contribution in [3.63, 3.8) is 0 Å². The molecule has 13 heteroatoms. The Morgan fingerprint density at radius 1 is 1.05 bits per heavy atom. The first-order valence-corrected chi connectivity index (χ1v) is 15.0. The lowest BCUT2D eigenvalue weighted by molar-refractivity contribution is -0.157. The fraction of sp³-hybridized carbons (Fsp3) is 0.533. The van der Waals surface area contributed by atoms with Gasteiger partial charge in [0.1, 0.15) is 17.5 Å². The maximum Gasteiger partial charge on any atom is 0.310 e. The molecule has 6 rings (SSSR count). The number of aromatic nitrogens is 1. The minimum atomic E-state index is -0.403. The Morgan fingerprint density at radius 3 is 2.44 bits per heavy atom. The van der Waals surface area contributed by atoms with E-state index in [-0.39, 0.29) is 65.4 Å². The molecule has 2 amide bonds. The van der Waals surface area contributed by atoms with Crippen molar-refractivity contribution in [2.45, 2.75) is 43.9 Å². The van der Waals surface area contributed by atoms with Crippen LogP contribution in [0.1, 0.15) is 35.2 Å². The number of nitrogens with two attached hydrogens (primary N) is 1. The van der Waals surface area contributed by atoms with Crippen LogP contribution in [0.15, 0.2) is 30.3 Å². The number of carbonyl (C=O) groups excluding carboxylic acids is 3. The second-order valence-corrected chi connectivity index (χ2v) is 11.8. The lowest BCUT2D eigenvalue weighted by Crippen LogP contribution is -2.55. The third kappa shape index (κ3) is 7.74. The van der Waals surface area contributed by atoms with Gasteiger partial charge >= 0.3 is 5.97 Å². The molecule has 0 aliphatic carbocycles. The average Bonchev–Trinajstić information content (AvgIpc) is 3.00. The number of likely N-dealkylation sites (tertiary alicyclic amines) is 1. The molecule has 2 bridgehead atoms. The predicted octanol–water partition coefficient (Wildman–Crippen LogP) is 1.96. The number of fused-ring (bicyclic) bond motifs is 3. The SMILES string of the molecule is COc1nc(N)c(Cl)cc1C(=O)N[C@@H]1CCN(CC(=O)Nc2ccc(CC(=O)OC3CN4CCC3CC4)cc2)C[C@@H]1OC. The van der Waals surface area contributed by atoms with Gasteiger partial charge in [0.15, 0.2) is 0 Å². The maximum atomic E-state index is 13.0. The summed E-state index contributed by atoms with van der Waals surface area (Å²) in [5.74, 6) is -0.145. The summed E-state index contributed by atoms with van der Waals surface area (Å²) in [4.78, 5) is 46.7. The first-order valence-electron chi connectivity index (χ1n) is 14.6. The van der Waals surface area contributed by atoms with Gasteiger partial charge in [-0.2, -0.15) is 4.98 Å². The Kier molecular flexibility index (Phi) is 10.0.